The molecular weight excluding hydrogens is 294 g/mol. The zero-order chi connectivity index (χ0) is 15.6. The molecule has 1 aliphatic heterocycles. The number of piperidine rings is 1. The first-order valence-electron chi connectivity index (χ1n) is 7.81. The highest BCUT2D eigenvalue weighted by atomic mass is 16.5. The topological polar surface area (TPSA) is 87.9 Å². The van der Waals surface area contributed by atoms with E-state index in [4.69, 9.17) is 4.52 Å². The number of amides is 1. The molecule has 0 aliphatic carbocycles. The van der Waals surface area contributed by atoms with E-state index >= 15 is 0 Å². The van der Waals surface area contributed by atoms with Gasteiger partial charge in [-0.05, 0) is 31.4 Å². The van der Waals surface area contributed by atoms with Crippen molar-refractivity contribution in [2.24, 2.45) is 0 Å². The average Bonchev–Trinajstić information content (AvgIpc) is 3.25. The van der Waals surface area contributed by atoms with Crippen LogP contribution in [-0.2, 0) is 11.2 Å². The van der Waals surface area contributed by atoms with E-state index in [-0.39, 0.29) is 18.4 Å². The van der Waals surface area contributed by atoms with Crippen LogP contribution in [0.1, 0.15) is 36.8 Å². The molecule has 1 atom stereocenters. The fourth-order valence-electron chi connectivity index (χ4n) is 3.20. The van der Waals surface area contributed by atoms with Crippen molar-refractivity contribution in [3.05, 3.63) is 42.1 Å². The fraction of sp³-hybridized carbons (Fsp3) is 0.375. The Morgan fingerprint density at radius 3 is 3.13 bits per heavy atom. The maximum absolute atomic E-state index is 12.8. The van der Waals surface area contributed by atoms with Crippen LogP contribution in [-0.4, -0.2) is 37.7 Å². The summed E-state index contributed by atoms with van der Waals surface area (Å²) in [5, 5.41) is 11.8. The number of carbonyl (C=O) groups excluding carboxylic acids is 1. The molecule has 0 bridgehead atoms. The largest absolute Gasteiger partial charge is 0.356 e. The highest BCUT2D eigenvalue weighted by Gasteiger charge is 2.30. The number of aromatic amines is 1. The normalized spacial score (nSPS) is 18.4. The molecule has 0 saturated carbocycles. The van der Waals surface area contributed by atoms with Gasteiger partial charge in [-0.1, -0.05) is 17.3 Å². The van der Waals surface area contributed by atoms with Crippen molar-refractivity contribution in [1.82, 2.24) is 25.2 Å². The molecule has 1 N–H and O–H groups in total. The van der Waals surface area contributed by atoms with Crippen LogP contribution in [0.25, 0.3) is 11.0 Å². The lowest BCUT2D eigenvalue weighted by atomic mass is 10.0. The number of carbonyl (C=O) groups is 1. The van der Waals surface area contributed by atoms with Crippen LogP contribution in [0, 0.1) is 0 Å². The number of hydrogen-bond acceptors (Lipinski definition) is 5. The molecule has 3 heterocycles. The van der Waals surface area contributed by atoms with Crippen LogP contribution in [0.15, 0.2) is 35.1 Å². The minimum atomic E-state index is -0.0306. The predicted molar refractivity (Wildman–Crippen MR) is 82.4 cm³/mol. The first-order chi connectivity index (χ1) is 11.3. The Morgan fingerprint density at radius 1 is 1.35 bits per heavy atom. The Kier molecular flexibility index (Phi) is 3.53. The molecule has 1 aromatic carbocycles. The van der Waals surface area contributed by atoms with Gasteiger partial charge >= 0.3 is 0 Å². The highest BCUT2D eigenvalue weighted by Crippen LogP contribution is 2.29. The standard InChI is InChI=1S/C16H17N5O2/c22-15(9-12-11-5-1-2-7-14(11)23-20-12)21-8-4-3-6-13(21)16-17-10-18-19-16/h1-2,5,7,10,13H,3-4,6,8-9H2,(H,17,18,19)/t13-/m1/s1. The van der Waals surface area contributed by atoms with E-state index < -0.39 is 0 Å². The van der Waals surface area contributed by atoms with Gasteiger partial charge in [0.1, 0.15) is 17.8 Å². The number of para-hydroxylation sites is 1. The number of H-pyrrole nitrogens is 1. The molecule has 2 aromatic heterocycles. The van der Waals surface area contributed by atoms with Crippen molar-refractivity contribution in [2.75, 3.05) is 6.54 Å². The smallest absolute Gasteiger partial charge is 0.229 e. The molecule has 1 amide bonds. The molecule has 1 aliphatic rings. The van der Waals surface area contributed by atoms with E-state index in [0.717, 1.165) is 37.0 Å². The molecule has 4 rings (SSSR count). The van der Waals surface area contributed by atoms with Crippen LogP contribution in [0.4, 0.5) is 0 Å². The van der Waals surface area contributed by atoms with Crippen molar-refractivity contribution in [3.8, 4) is 0 Å². The molecule has 0 spiro atoms. The van der Waals surface area contributed by atoms with Crippen molar-refractivity contribution >= 4 is 16.9 Å². The van der Waals surface area contributed by atoms with Crippen molar-refractivity contribution in [2.45, 2.75) is 31.7 Å². The van der Waals surface area contributed by atoms with Gasteiger partial charge in [0.15, 0.2) is 5.58 Å². The average molecular weight is 311 g/mol. The van der Waals surface area contributed by atoms with E-state index in [0.29, 0.717) is 11.3 Å². The molecule has 7 nitrogen and oxygen atoms in total. The second-order valence-electron chi connectivity index (χ2n) is 5.77. The number of rotatable bonds is 3. The van der Waals surface area contributed by atoms with Gasteiger partial charge in [-0.2, -0.15) is 5.10 Å². The summed E-state index contributed by atoms with van der Waals surface area (Å²) in [5.74, 6) is 0.799. The van der Waals surface area contributed by atoms with Gasteiger partial charge in [0.25, 0.3) is 0 Å². The summed E-state index contributed by atoms with van der Waals surface area (Å²) < 4.78 is 5.29. The molecule has 23 heavy (non-hydrogen) atoms. The Labute approximate surface area is 132 Å². The summed E-state index contributed by atoms with van der Waals surface area (Å²) in [5.41, 5.74) is 1.40. The van der Waals surface area contributed by atoms with Crippen LogP contribution in [0.3, 0.4) is 0 Å². The van der Waals surface area contributed by atoms with Crippen LogP contribution in [0.2, 0.25) is 0 Å². The predicted octanol–water partition coefficient (Wildman–Crippen LogP) is 2.24. The lowest BCUT2D eigenvalue weighted by molar-refractivity contribution is -0.134. The molecule has 0 radical (unpaired) electrons. The summed E-state index contributed by atoms with van der Waals surface area (Å²) >= 11 is 0. The Morgan fingerprint density at radius 2 is 2.26 bits per heavy atom. The van der Waals surface area contributed by atoms with Gasteiger partial charge in [0.2, 0.25) is 5.91 Å². The van der Waals surface area contributed by atoms with E-state index in [1.165, 1.54) is 6.33 Å². The van der Waals surface area contributed by atoms with Gasteiger partial charge in [-0.3, -0.25) is 9.89 Å². The highest BCUT2D eigenvalue weighted by molar-refractivity contribution is 5.86. The summed E-state index contributed by atoms with van der Waals surface area (Å²) in [6, 6.07) is 7.57. The van der Waals surface area contributed by atoms with Crippen molar-refractivity contribution < 1.29 is 9.32 Å². The van der Waals surface area contributed by atoms with E-state index in [2.05, 4.69) is 20.3 Å². The zero-order valence-electron chi connectivity index (χ0n) is 12.6. The number of nitrogens with zero attached hydrogens (tertiary/aromatic N) is 4. The summed E-state index contributed by atoms with van der Waals surface area (Å²) in [6.07, 6.45) is 4.72. The second-order valence-corrected chi connectivity index (χ2v) is 5.77. The number of nitrogens with one attached hydrogen (secondary N) is 1. The van der Waals surface area contributed by atoms with Gasteiger partial charge in [-0.15, -0.1) is 0 Å². The SMILES string of the molecule is O=C(Cc1noc2ccccc12)N1CCCC[C@@H]1c1ncn[nH]1. The lowest BCUT2D eigenvalue weighted by Gasteiger charge is -2.34. The van der Waals surface area contributed by atoms with E-state index in [1.807, 2.05) is 29.2 Å². The van der Waals surface area contributed by atoms with Crippen molar-refractivity contribution in [3.63, 3.8) is 0 Å². The quantitative estimate of drug-likeness (QED) is 0.801. The van der Waals surface area contributed by atoms with Gasteiger partial charge in [-0.25, -0.2) is 4.98 Å². The monoisotopic (exact) mass is 311 g/mol. The minimum absolute atomic E-state index is 0.0306. The maximum Gasteiger partial charge on any atom is 0.229 e. The number of likely N-dealkylation sites (tertiary alicyclic amines) is 1. The number of fused-ring (bicyclic) bond motifs is 1. The third kappa shape index (κ3) is 2.58. The van der Waals surface area contributed by atoms with Crippen molar-refractivity contribution in [1.29, 1.82) is 0 Å². The summed E-state index contributed by atoms with van der Waals surface area (Å²) in [4.78, 5) is 18.9. The molecule has 1 fully saturated rings. The number of hydrogen-bond donors (Lipinski definition) is 1. The third-order valence-electron chi connectivity index (χ3n) is 4.34. The number of benzene rings is 1. The lowest BCUT2D eigenvalue weighted by Crippen LogP contribution is -2.40. The van der Waals surface area contributed by atoms with Crippen LogP contribution in [0.5, 0.6) is 0 Å². The second kappa shape index (κ2) is 5.83. The molecule has 118 valence electrons. The van der Waals surface area contributed by atoms with Gasteiger partial charge < -0.3 is 9.42 Å². The first kappa shape index (κ1) is 13.9. The maximum atomic E-state index is 12.8. The number of aromatic nitrogens is 4. The van der Waals surface area contributed by atoms with E-state index in [9.17, 15) is 4.79 Å². The third-order valence-corrected chi connectivity index (χ3v) is 4.34. The van der Waals surface area contributed by atoms with Crippen LogP contribution < -0.4 is 0 Å². The Hall–Kier alpha value is -2.70. The molecule has 1 saturated heterocycles. The molecule has 0 unspecified atom stereocenters. The van der Waals surface area contributed by atoms with Gasteiger partial charge in [0.05, 0.1) is 12.5 Å². The summed E-state index contributed by atoms with van der Waals surface area (Å²) in [6.45, 7) is 0.736. The summed E-state index contributed by atoms with van der Waals surface area (Å²) in [7, 11) is 0. The van der Waals surface area contributed by atoms with Crippen LogP contribution >= 0.6 is 0 Å². The van der Waals surface area contributed by atoms with Gasteiger partial charge in [0, 0.05) is 11.9 Å². The zero-order valence-corrected chi connectivity index (χ0v) is 12.6. The van der Waals surface area contributed by atoms with E-state index in [1.54, 1.807) is 0 Å². The first-order valence-corrected chi connectivity index (χ1v) is 7.81. The fourth-order valence-corrected chi connectivity index (χ4v) is 3.20. The Bertz CT molecular complexity index is 811. The molecule has 7 heteroatoms. The molecular formula is C16H17N5O2. The Balaban J connectivity index is 1.57. The molecule has 3 aromatic rings. The minimum Gasteiger partial charge on any atom is -0.356 e.